The quantitative estimate of drug-likeness (QED) is 0.792. The minimum Gasteiger partial charge on any atom is -0.481 e. The Morgan fingerprint density at radius 1 is 1.50 bits per heavy atom. The molecule has 8 heteroatoms. The van der Waals surface area contributed by atoms with E-state index in [0.29, 0.717) is 10.6 Å². The van der Waals surface area contributed by atoms with Crippen LogP contribution in [0.25, 0.3) is 0 Å². The van der Waals surface area contributed by atoms with Crippen molar-refractivity contribution in [3.8, 4) is 0 Å². The largest absolute Gasteiger partial charge is 0.481 e. The summed E-state index contributed by atoms with van der Waals surface area (Å²) < 4.78 is 31.5. The first-order valence-corrected chi connectivity index (χ1v) is 7.63. The molecule has 0 amide bonds. The van der Waals surface area contributed by atoms with Crippen LogP contribution in [0.5, 0.6) is 0 Å². The highest BCUT2D eigenvalue weighted by atomic mass is 35.5. The molecule has 1 aromatic carbocycles. The first-order chi connectivity index (χ1) is 9.26. The summed E-state index contributed by atoms with van der Waals surface area (Å²) in [7, 11) is -2.44. The van der Waals surface area contributed by atoms with E-state index in [2.05, 4.69) is 4.72 Å². The van der Waals surface area contributed by atoms with E-state index in [1.165, 1.54) is 13.2 Å². The fourth-order valence-corrected chi connectivity index (χ4v) is 3.15. The topological polar surface area (TPSA) is 92.7 Å². The lowest BCUT2D eigenvalue weighted by molar-refractivity contribution is -0.139. The van der Waals surface area contributed by atoms with Gasteiger partial charge in [0.2, 0.25) is 10.0 Å². The third-order valence-corrected chi connectivity index (χ3v) is 4.48. The zero-order valence-corrected chi connectivity index (χ0v) is 12.7. The summed E-state index contributed by atoms with van der Waals surface area (Å²) in [5.41, 5.74) is 0.550. The Morgan fingerprint density at radius 3 is 2.70 bits per heavy atom. The average molecular weight is 322 g/mol. The maximum Gasteiger partial charge on any atom is 0.306 e. The molecule has 6 nitrogen and oxygen atoms in total. The van der Waals surface area contributed by atoms with E-state index in [0.717, 1.165) is 0 Å². The Kier molecular flexibility index (Phi) is 5.94. The van der Waals surface area contributed by atoms with E-state index in [-0.39, 0.29) is 17.9 Å². The summed E-state index contributed by atoms with van der Waals surface area (Å²) in [5, 5.41) is 8.98. The third-order valence-electron chi connectivity index (χ3n) is 2.68. The van der Waals surface area contributed by atoms with Gasteiger partial charge in [0.15, 0.2) is 0 Å². The van der Waals surface area contributed by atoms with Gasteiger partial charge in [0, 0.05) is 18.7 Å². The number of aliphatic carboxylic acids is 1. The van der Waals surface area contributed by atoms with Crippen LogP contribution < -0.4 is 4.72 Å². The molecule has 2 N–H and O–H groups in total. The summed E-state index contributed by atoms with van der Waals surface area (Å²) >= 11 is 5.79. The number of methoxy groups -OCH3 is 1. The predicted molar refractivity (Wildman–Crippen MR) is 74.4 cm³/mol. The molecule has 0 aliphatic rings. The molecule has 1 rings (SSSR count). The van der Waals surface area contributed by atoms with Crippen molar-refractivity contribution in [2.75, 3.05) is 13.7 Å². The van der Waals surface area contributed by atoms with Crippen LogP contribution in [-0.4, -0.2) is 39.3 Å². The SMILES string of the molecule is COC(CNS(=O)(=O)c1cc(Cl)ccc1C)CC(=O)O. The van der Waals surface area contributed by atoms with E-state index in [4.69, 9.17) is 21.4 Å². The monoisotopic (exact) mass is 321 g/mol. The molecule has 0 saturated heterocycles. The molecule has 0 aromatic heterocycles. The Morgan fingerprint density at radius 2 is 2.15 bits per heavy atom. The maximum absolute atomic E-state index is 12.1. The highest BCUT2D eigenvalue weighted by molar-refractivity contribution is 7.89. The van der Waals surface area contributed by atoms with Gasteiger partial charge < -0.3 is 9.84 Å². The van der Waals surface area contributed by atoms with Crippen molar-refractivity contribution in [2.24, 2.45) is 0 Å². The van der Waals surface area contributed by atoms with E-state index < -0.39 is 22.1 Å². The minimum atomic E-state index is -3.76. The number of carboxylic acid groups (broad SMARTS) is 1. The van der Waals surface area contributed by atoms with Crippen LogP contribution in [0.4, 0.5) is 0 Å². The molecule has 0 radical (unpaired) electrons. The van der Waals surface area contributed by atoms with Crippen LogP contribution in [0.3, 0.4) is 0 Å². The van der Waals surface area contributed by atoms with Crippen LogP contribution >= 0.6 is 11.6 Å². The molecule has 0 bridgehead atoms. The third kappa shape index (κ3) is 4.75. The Balaban J connectivity index is 2.84. The second-order valence-electron chi connectivity index (χ2n) is 4.22. The molecule has 0 aliphatic heterocycles. The van der Waals surface area contributed by atoms with Crippen LogP contribution in [-0.2, 0) is 19.6 Å². The number of sulfonamides is 1. The van der Waals surface area contributed by atoms with Gasteiger partial charge in [-0.25, -0.2) is 13.1 Å². The average Bonchev–Trinajstić information content (AvgIpc) is 2.36. The van der Waals surface area contributed by atoms with Crippen LogP contribution in [0, 0.1) is 6.92 Å². The molecule has 1 atom stereocenters. The van der Waals surface area contributed by atoms with Gasteiger partial charge in [0.25, 0.3) is 0 Å². The lowest BCUT2D eigenvalue weighted by Crippen LogP contribution is -2.34. The predicted octanol–water partition coefficient (Wildman–Crippen LogP) is 1.42. The van der Waals surface area contributed by atoms with Gasteiger partial charge in [-0.15, -0.1) is 0 Å². The fraction of sp³-hybridized carbons (Fsp3) is 0.417. The van der Waals surface area contributed by atoms with Gasteiger partial charge >= 0.3 is 5.97 Å². The van der Waals surface area contributed by atoms with Crippen LogP contribution in [0.1, 0.15) is 12.0 Å². The highest BCUT2D eigenvalue weighted by Crippen LogP contribution is 2.20. The number of rotatable bonds is 7. The number of ether oxygens (including phenoxy) is 1. The standard InChI is InChI=1S/C12H16ClNO5S/c1-8-3-4-9(13)5-11(8)20(17,18)14-7-10(19-2)6-12(15)16/h3-5,10,14H,6-7H2,1-2H3,(H,15,16). The molecule has 0 spiro atoms. The first-order valence-electron chi connectivity index (χ1n) is 5.76. The van der Waals surface area contributed by atoms with E-state index in [1.54, 1.807) is 19.1 Å². The number of benzene rings is 1. The van der Waals surface area contributed by atoms with Gasteiger partial charge in [-0.3, -0.25) is 4.79 Å². The number of carbonyl (C=O) groups is 1. The summed E-state index contributed by atoms with van der Waals surface area (Å²) in [6.07, 6.45) is -1.02. The Labute approximate surface area is 122 Å². The van der Waals surface area contributed by atoms with Gasteiger partial charge in [0.1, 0.15) is 0 Å². The molecule has 20 heavy (non-hydrogen) atoms. The second-order valence-corrected chi connectivity index (χ2v) is 6.39. The summed E-state index contributed by atoms with van der Waals surface area (Å²) in [6.45, 7) is 1.52. The highest BCUT2D eigenvalue weighted by Gasteiger charge is 2.20. The van der Waals surface area contributed by atoms with E-state index >= 15 is 0 Å². The fourth-order valence-electron chi connectivity index (χ4n) is 1.58. The van der Waals surface area contributed by atoms with Crippen molar-refractivity contribution >= 4 is 27.6 Å². The molecule has 0 heterocycles. The zero-order chi connectivity index (χ0) is 15.3. The van der Waals surface area contributed by atoms with Crippen molar-refractivity contribution in [1.29, 1.82) is 0 Å². The Bertz CT molecular complexity index is 588. The molecular formula is C12H16ClNO5S. The summed E-state index contributed by atoms with van der Waals surface area (Å²) in [5.74, 6) is -1.06. The lowest BCUT2D eigenvalue weighted by atomic mass is 10.2. The number of hydrogen-bond acceptors (Lipinski definition) is 4. The molecule has 0 fully saturated rings. The van der Waals surface area contributed by atoms with Crippen LogP contribution in [0.15, 0.2) is 23.1 Å². The normalized spacial score (nSPS) is 13.2. The molecule has 1 unspecified atom stereocenters. The number of carboxylic acids is 1. The number of halogens is 1. The summed E-state index contributed by atoms with van der Waals surface area (Å²) in [4.78, 5) is 10.7. The summed E-state index contributed by atoms with van der Waals surface area (Å²) in [6, 6.07) is 4.54. The van der Waals surface area contributed by atoms with Crippen molar-refractivity contribution in [3.05, 3.63) is 28.8 Å². The smallest absolute Gasteiger partial charge is 0.306 e. The van der Waals surface area contributed by atoms with Gasteiger partial charge in [-0.1, -0.05) is 17.7 Å². The molecular weight excluding hydrogens is 306 g/mol. The molecule has 0 saturated carbocycles. The van der Waals surface area contributed by atoms with Crippen LogP contribution in [0.2, 0.25) is 5.02 Å². The number of nitrogens with one attached hydrogen (secondary N) is 1. The molecule has 0 aliphatic carbocycles. The number of hydrogen-bond donors (Lipinski definition) is 2. The van der Waals surface area contributed by atoms with E-state index in [9.17, 15) is 13.2 Å². The lowest BCUT2D eigenvalue weighted by Gasteiger charge is -2.15. The molecule has 1 aromatic rings. The van der Waals surface area contributed by atoms with Crippen molar-refractivity contribution in [1.82, 2.24) is 4.72 Å². The van der Waals surface area contributed by atoms with Gasteiger partial charge in [-0.05, 0) is 24.6 Å². The zero-order valence-electron chi connectivity index (χ0n) is 11.1. The molecule has 112 valence electrons. The van der Waals surface area contributed by atoms with Crippen molar-refractivity contribution in [2.45, 2.75) is 24.3 Å². The van der Waals surface area contributed by atoms with Gasteiger partial charge in [0.05, 0.1) is 17.4 Å². The first kappa shape index (κ1) is 16.9. The number of aryl methyl sites for hydroxylation is 1. The minimum absolute atomic E-state index is 0.0650. The van der Waals surface area contributed by atoms with E-state index in [1.807, 2.05) is 0 Å². The van der Waals surface area contributed by atoms with Crippen molar-refractivity contribution < 1.29 is 23.1 Å². The Hall–Kier alpha value is -1.15. The van der Waals surface area contributed by atoms with Gasteiger partial charge in [-0.2, -0.15) is 0 Å². The van der Waals surface area contributed by atoms with Crippen molar-refractivity contribution in [3.63, 3.8) is 0 Å². The second kappa shape index (κ2) is 7.03. The maximum atomic E-state index is 12.1.